The number of methoxy groups -OCH3 is 1. The van der Waals surface area contributed by atoms with Crippen LogP contribution in [0, 0.1) is 32.5 Å². The van der Waals surface area contributed by atoms with Crippen LogP contribution in [0.1, 0.15) is 162 Å². The highest BCUT2D eigenvalue weighted by Gasteiger charge is 2.62. The second-order valence-electron chi connectivity index (χ2n) is 24.0. The van der Waals surface area contributed by atoms with Crippen molar-refractivity contribution >= 4 is 52.7 Å². The summed E-state index contributed by atoms with van der Waals surface area (Å²) in [5, 5.41) is 0. The molecular weight excluding hydrogens is 868 g/mol. The minimum Gasteiger partial charge on any atom is -0.469 e. The molecule has 0 amide bonds. The molecule has 4 aromatic carbocycles. The Bertz CT molecular complexity index is 2310. The zero-order valence-electron chi connectivity index (χ0n) is 43.7. The molecule has 3 atom stereocenters. The molecule has 1 heterocycles. The third kappa shape index (κ3) is 11.8. The molecule has 4 aromatic rings. The largest absolute Gasteiger partial charge is 0.494 e. The van der Waals surface area contributed by atoms with E-state index in [0.717, 1.165) is 32.8 Å². The SMILES string of the molecule is COC(=O)C(C)(CC(C)(C)C(C)(C)c1ccccc1)C(C)(C)C(C)(C)C(c1ccc(COC(=O)c2ccc(B3OCC(C(C)(C)CC(C)(C)C)O3)cc2)cc1)C(C)(C)SC(=S)c1ccccc1. The second kappa shape index (κ2) is 20.3. The average molecular weight is 947 g/mol. The third-order valence-electron chi connectivity index (χ3n) is 16.0. The summed E-state index contributed by atoms with van der Waals surface area (Å²) in [6, 6.07) is 36.5. The van der Waals surface area contributed by atoms with Gasteiger partial charge in [0.05, 0.1) is 35.0 Å². The van der Waals surface area contributed by atoms with E-state index in [2.05, 4.69) is 171 Å². The van der Waals surface area contributed by atoms with Crippen LogP contribution in [-0.2, 0) is 35.6 Å². The molecule has 0 aliphatic carbocycles. The van der Waals surface area contributed by atoms with Gasteiger partial charge in [-0.2, -0.15) is 0 Å². The minimum absolute atomic E-state index is 0.0209. The summed E-state index contributed by atoms with van der Waals surface area (Å²) in [7, 11) is 1.04. The van der Waals surface area contributed by atoms with E-state index in [1.54, 1.807) is 23.9 Å². The molecule has 0 spiro atoms. The van der Waals surface area contributed by atoms with Crippen molar-refractivity contribution < 1.29 is 28.4 Å². The zero-order valence-corrected chi connectivity index (χ0v) is 45.4. The number of thiocarbonyl (C=S) groups is 1. The molecule has 9 heteroatoms. The average Bonchev–Trinajstić information content (AvgIpc) is 3.77. The third-order valence-corrected chi connectivity index (χ3v) is 17.7. The zero-order chi connectivity index (χ0) is 50.0. The molecule has 6 nitrogen and oxygen atoms in total. The van der Waals surface area contributed by atoms with Crippen molar-refractivity contribution in [2.75, 3.05) is 13.7 Å². The molecular formula is C58H79BO6S2. The molecule has 0 radical (unpaired) electrons. The Kier molecular flexibility index (Phi) is 16.4. The van der Waals surface area contributed by atoms with Crippen molar-refractivity contribution in [3.8, 4) is 0 Å². The highest BCUT2D eigenvalue weighted by molar-refractivity contribution is 8.24. The summed E-state index contributed by atoms with van der Waals surface area (Å²) in [5.74, 6) is -0.747. The number of hydrogen-bond donors (Lipinski definition) is 0. The standard InChI is InChI=1S/C58H79BO6S2/c1-51(2,3)38-52(4,5)46-37-64-59(65-46)45-34-32-42(33-35-45)48(60)63-36-40-28-30-41(31-29-40)47(56(12,13)67-49(66)43-24-20-18-21-25-43)55(10,11)57(14,15)58(16,50(61)62-17)39-53(6,7)54(8,9)44-26-22-19-23-27-44/h18-35,46-47H,36-39H2,1-17H3. The summed E-state index contributed by atoms with van der Waals surface area (Å²) in [4.78, 5) is 28.0. The first kappa shape index (κ1) is 54.2. The fourth-order valence-electron chi connectivity index (χ4n) is 11.1. The molecule has 3 unspecified atom stereocenters. The number of rotatable bonds is 18. The topological polar surface area (TPSA) is 71.1 Å². The summed E-state index contributed by atoms with van der Waals surface area (Å²) >= 11 is 7.86. The second-order valence-corrected chi connectivity index (χ2v) is 26.3. The van der Waals surface area contributed by atoms with Crippen LogP contribution in [0.4, 0.5) is 0 Å². The van der Waals surface area contributed by atoms with Crippen molar-refractivity contribution in [1.82, 2.24) is 0 Å². The number of benzene rings is 4. The van der Waals surface area contributed by atoms with Gasteiger partial charge in [0.2, 0.25) is 0 Å². The van der Waals surface area contributed by atoms with Crippen molar-refractivity contribution in [3.63, 3.8) is 0 Å². The van der Waals surface area contributed by atoms with Gasteiger partial charge in [-0.1, -0.05) is 199 Å². The van der Waals surface area contributed by atoms with Crippen LogP contribution in [0.15, 0.2) is 109 Å². The number of ether oxygens (including phenoxy) is 2. The van der Waals surface area contributed by atoms with Gasteiger partial charge in [-0.3, -0.25) is 4.79 Å². The molecule has 0 N–H and O–H groups in total. The van der Waals surface area contributed by atoms with E-state index in [1.807, 2.05) is 36.4 Å². The van der Waals surface area contributed by atoms with Crippen LogP contribution in [0.2, 0.25) is 0 Å². The van der Waals surface area contributed by atoms with Crippen LogP contribution in [0.25, 0.3) is 0 Å². The lowest BCUT2D eigenvalue weighted by molar-refractivity contribution is -0.174. The lowest BCUT2D eigenvalue weighted by atomic mass is 9.44. The van der Waals surface area contributed by atoms with Crippen molar-refractivity contribution in [2.45, 2.75) is 152 Å². The van der Waals surface area contributed by atoms with Gasteiger partial charge in [0.1, 0.15) is 6.61 Å². The van der Waals surface area contributed by atoms with Gasteiger partial charge in [-0.15, -0.1) is 11.8 Å². The molecule has 67 heavy (non-hydrogen) atoms. The van der Waals surface area contributed by atoms with E-state index < -0.39 is 34.1 Å². The van der Waals surface area contributed by atoms with Gasteiger partial charge >= 0.3 is 19.1 Å². The van der Waals surface area contributed by atoms with E-state index >= 15 is 0 Å². The molecule has 1 aliphatic heterocycles. The van der Waals surface area contributed by atoms with Crippen molar-refractivity contribution in [1.29, 1.82) is 0 Å². The lowest BCUT2D eigenvalue weighted by Crippen LogP contribution is -2.58. The quantitative estimate of drug-likeness (QED) is 0.0555. The van der Waals surface area contributed by atoms with Crippen LogP contribution in [0.5, 0.6) is 0 Å². The Balaban J connectivity index is 1.42. The number of esters is 2. The first-order valence-corrected chi connectivity index (χ1v) is 25.2. The highest BCUT2D eigenvalue weighted by Crippen LogP contribution is 2.65. The highest BCUT2D eigenvalue weighted by atomic mass is 32.2. The molecule has 0 bridgehead atoms. The first-order chi connectivity index (χ1) is 30.9. The van der Waals surface area contributed by atoms with E-state index in [-0.39, 0.29) is 46.3 Å². The van der Waals surface area contributed by atoms with Crippen LogP contribution in [-0.4, -0.2) is 47.8 Å². The van der Waals surface area contributed by atoms with Crippen molar-refractivity contribution in [2.24, 2.45) is 32.5 Å². The number of carbonyl (C=O) groups excluding carboxylic acids is 2. The Hall–Kier alpha value is -3.76. The Morgan fingerprint density at radius 3 is 1.81 bits per heavy atom. The Labute approximate surface area is 414 Å². The normalized spacial score (nSPS) is 16.9. The van der Waals surface area contributed by atoms with Gasteiger partial charge in [-0.05, 0) is 106 Å². The molecule has 0 aromatic heterocycles. The van der Waals surface area contributed by atoms with Gasteiger partial charge in [0, 0.05) is 10.7 Å². The summed E-state index contributed by atoms with van der Waals surface area (Å²) in [6.07, 6.45) is 1.57. The minimum atomic E-state index is -0.922. The molecule has 5 rings (SSSR count). The fourth-order valence-corrected chi connectivity index (χ4v) is 13.2. The van der Waals surface area contributed by atoms with E-state index in [4.69, 9.17) is 31.0 Å². The molecule has 1 saturated heterocycles. The number of thioether (sulfide) groups is 1. The van der Waals surface area contributed by atoms with Crippen molar-refractivity contribution in [3.05, 3.63) is 137 Å². The summed E-state index contributed by atoms with van der Waals surface area (Å²) in [5.41, 5.74) is 2.98. The van der Waals surface area contributed by atoms with Crippen LogP contribution < -0.4 is 5.46 Å². The van der Waals surface area contributed by atoms with Gasteiger partial charge < -0.3 is 18.8 Å². The fraction of sp³-hybridized carbons (Fsp3) is 0.534. The predicted octanol–water partition coefficient (Wildman–Crippen LogP) is 14.2. The van der Waals surface area contributed by atoms with Gasteiger partial charge in [0.15, 0.2) is 0 Å². The lowest BCUT2D eigenvalue weighted by Gasteiger charge is -2.60. The van der Waals surface area contributed by atoms with Crippen LogP contribution in [0.3, 0.4) is 0 Å². The molecule has 1 fully saturated rings. The van der Waals surface area contributed by atoms with Crippen LogP contribution >= 0.6 is 24.0 Å². The number of carbonyl (C=O) groups is 2. The maximum Gasteiger partial charge on any atom is 0.494 e. The monoisotopic (exact) mass is 947 g/mol. The van der Waals surface area contributed by atoms with Gasteiger partial charge in [0.25, 0.3) is 0 Å². The molecule has 1 aliphatic rings. The summed E-state index contributed by atoms with van der Waals surface area (Å²) in [6.45, 7) is 36.8. The maximum atomic E-state index is 14.6. The van der Waals surface area contributed by atoms with E-state index in [9.17, 15) is 9.59 Å². The van der Waals surface area contributed by atoms with Gasteiger partial charge in [-0.25, -0.2) is 4.79 Å². The maximum absolute atomic E-state index is 14.6. The first-order valence-electron chi connectivity index (χ1n) is 24.0. The smallest absolute Gasteiger partial charge is 0.469 e. The summed E-state index contributed by atoms with van der Waals surface area (Å²) < 4.78 is 24.5. The van der Waals surface area contributed by atoms with E-state index in [0.29, 0.717) is 18.6 Å². The number of hydrogen-bond acceptors (Lipinski definition) is 8. The Morgan fingerprint density at radius 2 is 1.27 bits per heavy atom. The predicted molar refractivity (Wildman–Crippen MR) is 284 cm³/mol. The Morgan fingerprint density at radius 1 is 0.716 bits per heavy atom. The molecule has 0 saturated carbocycles. The molecule has 362 valence electrons. The van der Waals surface area contributed by atoms with E-state index in [1.165, 1.54) is 12.7 Å².